The minimum Gasteiger partial charge on any atom is -0.397 e. The molecule has 2 aromatic heterocycles. The van der Waals surface area contributed by atoms with Gasteiger partial charge in [0.05, 0.1) is 11.9 Å². The van der Waals surface area contributed by atoms with Gasteiger partial charge in [0.15, 0.2) is 11.6 Å². The molecular weight excluding hydrogens is 226 g/mol. The fraction of sp³-hybridized carbons (Fsp3) is 0.462. The molecule has 18 heavy (non-hydrogen) atoms. The Balaban J connectivity index is 2.00. The molecule has 0 spiro atoms. The normalized spacial score (nSPS) is 16.3. The van der Waals surface area contributed by atoms with Crippen LogP contribution in [0, 0.1) is 0 Å². The van der Waals surface area contributed by atoms with E-state index in [0.717, 1.165) is 17.2 Å². The number of aryl methyl sites for hydroxylation is 1. The van der Waals surface area contributed by atoms with Gasteiger partial charge in [-0.1, -0.05) is 12.8 Å². The molecule has 0 aromatic carbocycles. The molecule has 1 saturated carbocycles. The standard InChI is InChI=1S/C13H17N5/c1-18-13(10-6-7-15-8-11(10)14)16-12(17-18)9-4-2-3-5-9/h6-9H,2-5,14H2,1H3. The number of aromatic nitrogens is 4. The van der Waals surface area contributed by atoms with E-state index < -0.39 is 0 Å². The first-order valence-electron chi connectivity index (χ1n) is 6.36. The van der Waals surface area contributed by atoms with Gasteiger partial charge >= 0.3 is 0 Å². The van der Waals surface area contributed by atoms with Crippen molar-refractivity contribution < 1.29 is 0 Å². The molecule has 2 N–H and O–H groups in total. The summed E-state index contributed by atoms with van der Waals surface area (Å²) in [6.07, 6.45) is 8.37. The first-order chi connectivity index (χ1) is 8.75. The molecule has 2 heterocycles. The Labute approximate surface area is 106 Å². The van der Waals surface area contributed by atoms with E-state index in [1.807, 2.05) is 17.8 Å². The Hall–Kier alpha value is -1.91. The lowest BCUT2D eigenvalue weighted by Crippen LogP contribution is -1.98. The Morgan fingerprint density at radius 2 is 2.11 bits per heavy atom. The van der Waals surface area contributed by atoms with Crippen LogP contribution in [0.5, 0.6) is 0 Å². The molecule has 1 aliphatic rings. The monoisotopic (exact) mass is 243 g/mol. The van der Waals surface area contributed by atoms with Crippen LogP contribution in [0.15, 0.2) is 18.5 Å². The summed E-state index contributed by atoms with van der Waals surface area (Å²) in [5, 5.41) is 4.54. The third kappa shape index (κ3) is 1.85. The number of nitrogens with zero attached hydrogens (tertiary/aromatic N) is 4. The molecular formula is C13H17N5. The van der Waals surface area contributed by atoms with Crippen molar-refractivity contribution in [2.24, 2.45) is 7.05 Å². The highest BCUT2D eigenvalue weighted by atomic mass is 15.3. The molecule has 5 heteroatoms. The van der Waals surface area contributed by atoms with Crippen molar-refractivity contribution in [1.29, 1.82) is 0 Å². The fourth-order valence-corrected chi connectivity index (χ4v) is 2.61. The zero-order valence-electron chi connectivity index (χ0n) is 10.5. The lowest BCUT2D eigenvalue weighted by Gasteiger charge is -2.02. The molecule has 0 atom stereocenters. The quantitative estimate of drug-likeness (QED) is 0.877. The van der Waals surface area contributed by atoms with Gasteiger partial charge in [0, 0.05) is 24.7 Å². The zero-order chi connectivity index (χ0) is 12.5. The molecule has 0 amide bonds. The highest BCUT2D eigenvalue weighted by Gasteiger charge is 2.23. The summed E-state index contributed by atoms with van der Waals surface area (Å²) in [6.45, 7) is 0. The first kappa shape index (κ1) is 11.2. The van der Waals surface area contributed by atoms with Crippen molar-refractivity contribution in [3.63, 3.8) is 0 Å². The summed E-state index contributed by atoms with van der Waals surface area (Å²) < 4.78 is 1.82. The van der Waals surface area contributed by atoms with Crippen LogP contribution in [0.4, 0.5) is 5.69 Å². The van der Waals surface area contributed by atoms with Gasteiger partial charge in [0.25, 0.3) is 0 Å². The summed E-state index contributed by atoms with van der Waals surface area (Å²) in [7, 11) is 1.92. The lowest BCUT2D eigenvalue weighted by molar-refractivity contribution is 0.648. The highest BCUT2D eigenvalue weighted by Crippen LogP contribution is 2.33. The summed E-state index contributed by atoms with van der Waals surface area (Å²) in [5.41, 5.74) is 7.49. The molecule has 0 radical (unpaired) electrons. The topological polar surface area (TPSA) is 69.6 Å². The molecule has 5 nitrogen and oxygen atoms in total. The third-order valence-electron chi connectivity index (χ3n) is 3.59. The first-order valence-corrected chi connectivity index (χ1v) is 6.36. The van der Waals surface area contributed by atoms with Crippen LogP contribution in [-0.4, -0.2) is 19.7 Å². The van der Waals surface area contributed by atoms with Gasteiger partial charge in [-0.25, -0.2) is 9.67 Å². The van der Waals surface area contributed by atoms with Crippen molar-refractivity contribution in [2.75, 3.05) is 5.73 Å². The molecule has 1 fully saturated rings. The average molecular weight is 243 g/mol. The van der Waals surface area contributed by atoms with Crippen LogP contribution < -0.4 is 5.73 Å². The summed E-state index contributed by atoms with van der Waals surface area (Å²) in [4.78, 5) is 8.67. The number of pyridine rings is 1. The maximum Gasteiger partial charge on any atom is 0.160 e. The van der Waals surface area contributed by atoms with Gasteiger partial charge in [-0.3, -0.25) is 4.98 Å². The predicted molar refractivity (Wildman–Crippen MR) is 69.9 cm³/mol. The van der Waals surface area contributed by atoms with Gasteiger partial charge in [-0.15, -0.1) is 0 Å². The van der Waals surface area contributed by atoms with E-state index >= 15 is 0 Å². The largest absolute Gasteiger partial charge is 0.397 e. The van der Waals surface area contributed by atoms with E-state index in [-0.39, 0.29) is 0 Å². The molecule has 94 valence electrons. The molecule has 2 aromatic rings. The highest BCUT2D eigenvalue weighted by molar-refractivity contribution is 5.70. The summed E-state index contributed by atoms with van der Waals surface area (Å²) in [5.74, 6) is 2.31. The minimum absolute atomic E-state index is 0.521. The molecule has 0 aliphatic heterocycles. The van der Waals surface area contributed by atoms with Crippen molar-refractivity contribution in [3.8, 4) is 11.4 Å². The van der Waals surface area contributed by atoms with Crippen LogP contribution >= 0.6 is 0 Å². The molecule has 0 bridgehead atoms. The molecule has 1 aliphatic carbocycles. The number of anilines is 1. The molecule has 0 unspecified atom stereocenters. The zero-order valence-corrected chi connectivity index (χ0v) is 10.5. The summed E-state index contributed by atoms with van der Waals surface area (Å²) >= 11 is 0. The van der Waals surface area contributed by atoms with E-state index in [1.165, 1.54) is 25.7 Å². The number of nitrogen functional groups attached to an aromatic ring is 1. The Kier molecular flexibility index (Phi) is 2.74. The maximum absolute atomic E-state index is 5.94. The summed E-state index contributed by atoms with van der Waals surface area (Å²) in [6, 6.07) is 1.89. The van der Waals surface area contributed by atoms with Crippen molar-refractivity contribution in [2.45, 2.75) is 31.6 Å². The van der Waals surface area contributed by atoms with E-state index in [0.29, 0.717) is 11.6 Å². The van der Waals surface area contributed by atoms with Gasteiger partial charge in [0.2, 0.25) is 0 Å². The third-order valence-corrected chi connectivity index (χ3v) is 3.59. The van der Waals surface area contributed by atoms with Gasteiger partial charge in [-0.2, -0.15) is 5.10 Å². The average Bonchev–Trinajstić information content (AvgIpc) is 2.99. The van der Waals surface area contributed by atoms with Crippen molar-refractivity contribution in [1.82, 2.24) is 19.7 Å². The Bertz CT molecular complexity index is 554. The van der Waals surface area contributed by atoms with Crippen LogP contribution in [0.25, 0.3) is 11.4 Å². The molecule has 0 saturated heterocycles. The van der Waals surface area contributed by atoms with Crippen LogP contribution in [0.1, 0.15) is 37.4 Å². The number of nitrogens with two attached hydrogens (primary N) is 1. The predicted octanol–water partition coefficient (Wildman–Crippen LogP) is 2.12. The van der Waals surface area contributed by atoms with Crippen LogP contribution in [-0.2, 0) is 7.05 Å². The van der Waals surface area contributed by atoms with E-state index in [2.05, 4.69) is 15.1 Å². The van der Waals surface area contributed by atoms with E-state index in [9.17, 15) is 0 Å². The van der Waals surface area contributed by atoms with E-state index in [1.54, 1.807) is 12.4 Å². The smallest absolute Gasteiger partial charge is 0.160 e. The maximum atomic E-state index is 5.94. The van der Waals surface area contributed by atoms with Crippen LogP contribution in [0.3, 0.4) is 0 Å². The second-order valence-corrected chi connectivity index (χ2v) is 4.86. The van der Waals surface area contributed by atoms with Crippen molar-refractivity contribution >= 4 is 5.69 Å². The minimum atomic E-state index is 0.521. The fourth-order valence-electron chi connectivity index (χ4n) is 2.61. The van der Waals surface area contributed by atoms with Gasteiger partial charge in [-0.05, 0) is 18.9 Å². The van der Waals surface area contributed by atoms with Gasteiger partial charge < -0.3 is 5.73 Å². The number of rotatable bonds is 2. The number of hydrogen-bond donors (Lipinski definition) is 1. The number of hydrogen-bond acceptors (Lipinski definition) is 4. The lowest BCUT2D eigenvalue weighted by atomic mass is 10.1. The van der Waals surface area contributed by atoms with E-state index in [4.69, 9.17) is 5.73 Å². The van der Waals surface area contributed by atoms with Crippen LogP contribution in [0.2, 0.25) is 0 Å². The van der Waals surface area contributed by atoms with Gasteiger partial charge in [0.1, 0.15) is 0 Å². The SMILES string of the molecule is Cn1nc(C2CCCC2)nc1-c1ccncc1N. The molecule has 3 rings (SSSR count). The second-order valence-electron chi connectivity index (χ2n) is 4.86. The Morgan fingerprint density at radius 1 is 1.33 bits per heavy atom. The Morgan fingerprint density at radius 3 is 2.83 bits per heavy atom. The van der Waals surface area contributed by atoms with Crippen molar-refractivity contribution in [3.05, 3.63) is 24.3 Å². The second kappa shape index (κ2) is 4.40.